The maximum Gasteiger partial charge on any atom is 0.314 e. The number of carbonyl (C=O) groups excluding carboxylic acids is 2. The van der Waals surface area contributed by atoms with Crippen LogP contribution in [0.1, 0.15) is 13.3 Å². The van der Waals surface area contributed by atoms with Crippen molar-refractivity contribution in [3.63, 3.8) is 0 Å². The number of hydrogen-bond donors (Lipinski definition) is 2. The molecule has 0 saturated carbocycles. The Hall–Kier alpha value is -1.30. The lowest BCUT2D eigenvalue weighted by Gasteiger charge is -2.20. The molecule has 1 rings (SSSR count). The quantitative estimate of drug-likeness (QED) is 0.664. The van der Waals surface area contributed by atoms with Crippen molar-refractivity contribution in [3.05, 3.63) is 0 Å². The molecule has 0 bridgehead atoms. The zero-order chi connectivity index (χ0) is 12.0. The molecule has 3 amide bonds. The van der Waals surface area contributed by atoms with Crippen LogP contribution in [0, 0.1) is 0 Å². The normalized spacial score (nSPS) is 17.9. The van der Waals surface area contributed by atoms with Gasteiger partial charge in [-0.15, -0.1) is 0 Å². The van der Waals surface area contributed by atoms with Gasteiger partial charge >= 0.3 is 6.03 Å². The molecule has 0 aliphatic carbocycles. The van der Waals surface area contributed by atoms with Gasteiger partial charge in [0, 0.05) is 39.6 Å². The van der Waals surface area contributed by atoms with Gasteiger partial charge in [0.1, 0.15) is 0 Å². The van der Waals surface area contributed by atoms with Gasteiger partial charge in [-0.1, -0.05) is 0 Å². The third-order valence-corrected chi connectivity index (χ3v) is 2.70. The summed E-state index contributed by atoms with van der Waals surface area (Å²) in [5.41, 5.74) is 5.23. The van der Waals surface area contributed by atoms with Gasteiger partial charge in [0.05, 0.1) is 0 Å². The molecule has 6 nitrogen and oxygen atoms in total. The van der Waals surface area contributed by atoms with Crippen LogP contribution in [0.2, 0.25) is 0 Å². The first-order chi connectivity index (χ1) is 7.59. The molecule has 92 valence electrons. The van der Waals surface area contributed by atoms with Crippen molar-refractivity contribution >= 4 is 11.9 Å². The molecule has 0 aromatic heterocycles. The Labute approximate surface area is 95.8 Å². The minimum Gasteiger partial charge on any atom is -0.355 e. The van der Waals surface area contributed by atoms with Crippen LogP contribution in [0.4, 0.5) is 4.79 Å². The van der Waals surface area contributed by atoms with E-state index in [1.807, 2.05) is 0 Å². The first-order valence-corrected chi connectivity index (χ1v) is 5.61. The Morgan fingerprint density at radius 1 is 1.25 bits per heavy atom. The molecule has 0 unspecified atom stereocenters. The van der Waals surface area contributed by atoms with Gasteiger partial charge in [-0.25, -0.2) is 4.79 Å². The lowest BCUT2D eigenvalue weighted by atomic mass is 10.4. The molecular formula is C10H20N4O2. The SMILES string of the molecule is CC(=O)NCCN1CCCN(C(N)=O)CC1. The molecule has 16 heavy (non-hydrogen) atoms. The number of urea groups is 1. The summed E-state index contributed by atoms with van der Waals surface area (Å²) < 4.78 is 0. The topological polar surface area (TPSA) is 78.7 Å². The van der Waals surface area contributed by atoms with E-state index in [4.69, 9.17) is 5.73 Å². The van der Waals surface area contributed by atoms with Crippen LogP contribution in [0.25, 0.3) is 0 Å². The van der Waals surface area contributed by atoms with Crippen molar-refractivity contribution in [1.29, 1.82) is 0 Å². The number of nitrogens with zero attached hydrogens (tertiary/aromatic N) is 2. The number of primary amides is 1. The number of nitrogens with one attached hydrogen (secondary N) is 1. The van der Waals surface area contributed by atoms with Gasteiger partial charge in [0.15, 0.2) is 0 Å². The molecule has 0 aromatic carbocycles. The van der Waals surface area contributed by atoms with Crippen molar-refractivity contribution in [2.75, 3.05) is 39.3 Å². The van der Waals surface area contributed by atoms with Crippen molar-refractivity contribution in [3.8, 4) is 0 Å². The number of amides is 3. The second-order valence-corrected chi connectivity index (χ2v) is 4.00. The van der Waals surface area contributed by atoms with Gasteiger partial charge in [-0.05, 0) is 13.0 Å². The molecule has 3 N–H and O–H groups in total. The van der Waals surface area contributed by atoms with Gasteiger partial charge in [-0.3, -0.25) is 9.69 Å². The summed E-state index contributed by atoms with van der Waals surface area (Å²) in [7, 11) is 0. The van der Waals surface area contributed by atoms with E-state index in [1.54, 1.807) is 4.90 Å². The molecule has 0 radical (unpaired) electrons. The van der Waals surface area contributed by atoms with E-state index < -0.39 is 0 Å². The predicted octanol–water partition coefficient (Wildman–Crippen LogP) is -0.791. The van der Waals surface area contributed by atoms with Gasteiger partial charge in [0.2, 0.25) is 5.91 Å². The van der Waals surface area contributed by atoms with E-state index in [2.05, 4.69) is 10.2 Å². The Morgan fingerprint density at radius 3 is 2.62 bits per heavy atom. The maximum atomic E-state index is 11.0. The lowest BCUT2D eigenvalue weighted by Crippen LogP contribution is -2.40. The number of rotatable bonds is 3. The lowest BCUT2D eigenvalue weighted by molar-refractivity contribution is -0.119. The van der Waals surface area contributed by atoms with Crippen molar-refractivity contribution in [2.45, 2.75) is 13.3 Å². The molecule has 1 heterocycles. The minimum absolute atomic E-state index is 0.00594. The molecule has 0 spiro atoms. The fourth-order valence-electron chi connectivity index (χ4n) is 1.80. The largest absolute Gasteiger partial charge is 0.355 e. The number of hydrogen-bond acceptors (Lipinski definition) is 3. The highest BCUT2D eigenvalue weighted by atomic mass is 16.2. The Balaban J connectivity index is 2.25. The molecule has 0 atom stereocenters. The predicted molar refractivity (Wildman–Crippen MR) is 60.9 cm³/mol. The summed E-state index contributed by atoms with van der Waals surface area (Å²) in [6, 6.07) is -0.344. The Bertz CT molecular complexity index is 257. The fourth-order valence-corrected chi connectivity index (χ4v) is 1.80. The summed E-state index contributed by atoms with van der Waals surface area (Å²) >= 11 is 0. The van der Waals surface area contributed by atoms with E-state index in [1.165, 1.54) is 6.92 Å². The van der Waals surface area contributed by atoms with Crippen LogP contribution in [0.15, 0.2) is 0 Å². The third-order valence-electron chi connectivity index (χ3n) is 2.70. The molecule has 1 fully saturated rings. The molecule has 1 aliphatic heterocycles. The van der Waals surface area contributed by atoms with Gasteiger partial charge < -0.3 is 16.0 Å². The zero-order valence-electron chi connectivity index (χ0n) is 9.74. The monoisotopic (exact) mass is 228 g/mol. The van der Waals surface area contributed by atoms with E-state index >= 15 is 0 Å². The average Bonchev–Trinajstić information content (AvgIpc) is 2.42. The van der Waals surface area contributed by atoms with Crippen LogP contribution in [-0.2, 0) is 4.79 Å². The van der Waals surface area contributed by atoms with Crippen molar-refractivity contribution < 1.29 is 9.59 Å². The zero-order valence-corrected chi connectivity index (χ0v) is 9.74. The van der Waals surface area contributed by atoms with Crippen LogP contribution in [0.3, 0.4) is 0 Å². The summed E-state index contributed by atoms with van der Waals surface area (Å²) in [4.78, 5) is 25.6. The van der Waals surface area contributed by atoms with Crippen LogP contribution in [-0.4, -0.2) is 61.0 Å². The molecule has 1 aliphatic rings. The van der Waals surface area contributed by atoms with E-state index in [9.17, 15) is 9.59 Å². The molecule has 6 heteroatoms. The summed E-state index contributed by atoms with van der Waals surface area (Å²) in [6.07, 6.45) is 0.934. The molecule has 0 aromatic rings. The van der Waals surface area contributed by atoms with Crippen LogP contribution >= 0.6 is 0 Å². The van der Waals surface area contributed by atoms with E-state index in [0.717, 1.165) is 32.6 Å². The van der Waals surface area contributed by atoms with E-state index in [0.29, 0.717) is 13.1 Å². The summed E-state index contributed by atoms with van der Waals surface area (Å²) in [6.45, 7) is 6.17. The Kier molecular flexibility index (Phi) is 5.04. The van der Waals surface area contributed by atoms with Gasteiger partial charge in [-0.2, -0.15) is 0 Å². The van der Waals surface area contributed by atoms with E-state index in [-0.39, 0.29) is 11.9 Å². The average molecular weight is 228 g/mol. The smallest absolute Gasteiger partial charge is 0.314 e. The number of carbonyl (C=O) groups is 2. The standard InChI is InChI=1S/C10H20N4O2/c1-9(15)12-3-6-13-4-2-5-14(8-7-13)10(11)16/h2-8H2,1H3,(H2,11,16)(H,12,15). The number of nitrogens with two attached hydrogens (primary N) is 1. The molecular weight excluding hydrogens is 208 g/mol. The summed E-state index contributed by atoms with van der Waals surface area (Å²) in [5.74, 6) is -0.00594. The first kappa shape index (κ1) is 12.8. The van der Waals surface area contributed by atoms with Crippen LogP contribution in [0.5, 0.6) is 0 Å². The molecule has 1 saturated heterocycles. The highest BCUT2D eigenvalue weighted by Gasteiger charge is 2.16. The summed E-state index contributed by atoms with van der Waals surface area (Å²) in [5, 5.41) is 2.76. The second-order valence-electron chi connectivity index (χ2n) is 4.00. The van der Waals surface area contributed by atoms with Crippen molar-refractivity contribution in [2.24, 2.45) is 5.73 Å². The first-order valence-electron chi connectivity index (χ1n) is 5.61. The highest BCUT2D eigenvalue weighted by Crippen LogP contribution is 2.01. The van der Waals surface area contributed by atoms with Gasteiger partial charge in [0.25, 0.3) is 0 Å². The van der Waals surface area contributed by atoms with Crippen molar-refractivity contribution in [1.82, 2.24) is 15.1 Å². The third kappa shape index (κ3) is 4.48. The Morgan fingerprint density at radius 2 is 2.00 bits per heavy atom. The second kappa shape index (κ2) is 6.32. The fraction of sp³-hybridized carbons (Fsp3) is 0.800. The minimum atomic E-state index is -0.344. The van der Waals surface area contributed by atoms with Crippen LogP contribution < -0.4 is 11.1 Å². The highest BCUT2D eigenvalue weighted by molar-refractivity contribution is 5.72. The maximum absolute atomic E-state index is 11.0.